The molecule has 0 bridgehead atoms. The number of amides is 1. The van der Waals surface area contributed by atoms with Crippen molar-refractivity contribution in [2.24, 2.45) is 5.92 Å². The number of hydrogen-bond acceptors (Lipinski definition) is 3. The third-order valence-corrected chi connectivity index (χ3v) is 3.16. The van der Waals surface area contributed by atoms with Crippen LogP contribution in [0, 0.1) is 12.8 Å². The van der Waals surface area contributed by atoms with Crippen LogP contribution < -0.4 is 0 Å². The van der Waals surface area contributed by atoms with Gasteiger partial charge in [-0.05, 0) is 19.8 Å². The summed E-state index contributed by atoms with van der Waals surface area (Å²) >= 11 is 0. The van der Waals surface area contributed by atoms with Crippen LogP contribution in [0.4, 0.5) is 8.78 Å². The van der Waals surface area contributed by atoms with E-state index in [2.05, 4.69) is 10.3 Å². The van der Waals surface area contributed by atoms with E-state index in [9.17, 15) is 13.6 Å². The molecule has 100 valence electrons. The number of carbonyl (C=O) groups excluding carboxylic acids is 1. The van der Waals surface area contributed by atoms with E-state index >= 15 is 0 Å². The van der Waals surface area contributed by atoms with Crippen LogP contribution in [0.5, 0.6) is 0 Å². The van der Waals surface area contributed by atoms with Gasteiger partial charge in [-0.25, -0.2) is 13.5 Å². The molecule has 0 atom stereocenters. The Morgan fingerprint density at radius 3 is 2.72 bits per heavy atom. The summed E-state index contributed by atoms with van der Waals surface area (Å²) in [6.07, 6.45) is -2.43. The number of rotatable bonds is 4. The number of aromatic nitrogens is 3. The lowest BCUT2D eigenvalue weighted by molar-refractivity contribution is 0.0271. The standard InChI is InChI=1S/C11H16F2N4O/c1-3-17-10(7(2)14-15-17)11(18)16-5-8(6-16)4-9(12)13/h8-9H,3-6H2,1-2H3. The highest BCUT2D eigenvalue weighted by molar-refractivity contribution is 5.94. The molecule has 0 radical (unpaired) electrons. The molecule has 1 amide bonds. The Morgan fingerprint density at radius 2 is 2.17 bits per heavy atom. The number of nitrogens with zero attached hydrogens (tertiary/aromatic N) is 4. The lowest BCUT2D eigenvalue weighted by Gasteiger charge is -2.39. The maximum atomic E-state index is 12.2. The first kappa shape index (κ1) is 12.9. The number of halogens is 2. The Kier molecular flexibility index (Phi) is 3.58. The molecule has 2 heterocycles. The first-order valence-corrected chi connectivity index (χ1v) is 6.00. The summed E-state index contributed by atoms with van der Waals surface area (Å²) in [6.45, 7) is 4.97. The van der Waals surface area contributed by atoms with Crippen LogP contribution in [0.2, 0.25) is 0 Å². The van der Waals surface area contributed by atoms with E-state index in [1.165, 1.54) is 4.68 Å². The molecule has 0 unspecified atom stereocenters. The topological polar surface area (TPSA) is 51.0 Å². The predicted molar refractivity (Wildman–Crippen MR) is 60.4 cm³/mol. The van der Waals surface area contributed by atoms with Crippen molar-refractivity contribution in [3.63, 3.8) is 0 Å². The van der Waals surface area contributed by atoms with Crippen molar-refractivity contribution in [1.82, 2.24) is 19.9 Å². The summed E-state index contributed by atoms with van der Waals surface area (Å²) in [5.74, 6) is -0.245. The van der Waals surface area contributed by atoms with Crippen LogP contribution in [0.25, 0.3) is 0 Å². The molecule has 1 fully saturated rings. The molecule has 0 aromatic carbocycles. The van der Waals surface area contributed by atoms with Crippen molar-refractivity contribution in [3.8, 4) is 0 Å². The lowest BCUT2D eigenvalue weighted by atomic mass is 9.96. The predicted octanol–water partition coefficient (Wildman–Crippen LogP) is 1.33. The van der Waals surface area contributed by atoms with Gasteiger partial charge in [0.15, 0.2) is 0 Å². The second kappa shape index (κ2) is 4.99. The SMILES string of the molecule is CCn1nnc(C)c1C(=O)N1CC(CC(F)F)C1. The molecular formula is C11H16F2N4O. The number of hydrogen-bond donors (Lipinski definition) is 0. The van der Waals surface area contributed by atoms with Gasteiger partial charge in [0, 0.05) is 26.1 Å². The molecular weight excluding hydrogens is 242 g/mol. The van der Waals surface area contributed by atoms with E-state index in [-0.39, 0.29) is 18.2 Å². The van der Waals surface area contributed by atoms with Gasteiger partial charge in [0.25, 0.3) is 5.91 Å². The number of likely N-dealkylation sites (tertiary alicyclic amines) is 1. The normalized spacial score (nSPS) is 16.2. The maximum Gasteiger partial charge on any atom is 0.274 e. The lowest BCUT2D eigenvalue weighted by Crippen LogP contribution is -2.51. The minimum absolute atomic E-state index is 0.0831. The molecule has 1 aromatic rings. The van der Waals surface area contributed by atoms with Crippen molar-refractivity contribution in [3.05, 3.63) is 11.4 Å². The van der Waals surface area contributed by atoms with Crippen LogP contribution in [0.1, 0.15) is 29.5 Å². The first-order valence-electron chi connectivity index (χ1n) is 6.00. The van der Waals surface area contributed by atoms with Gasteiger partial charge in [0.05, 0.1) is 5.69 Å². The van der Waals surface area contributed by atoms with Crippen LogP contribution in [0.3, 0.4) is 0 Å². The molecule has 1 aromatic heterocycles. The molecule has 18 heavy (non-hydrogen) atoms. The zero-order valence-electron chi connectivity index (χ0n) is 10.4. The number of aryl methyl sites for hydroxylation is 2. The van der Waals surface area contributed by atoms with Gasteiger partial charge in [-0.3, -0.25) is 4.79 Å². The number of alkyl halides is 2. The van der Waals surface area contributed by atoms with Gasteiger partial charge >= 0.3 is 0 Å². The monoisotopic (exact) mass is 258 g/mol. The summed E-state index contributed by atoms with van der Waals surface area (Å²) in [4.78, 5) is 13.7. The second-order valence-electron chi connectivity index (χ2n) is 4.54. The zero-order chi connectivity index (χ0) is 13.3. The zero-order valence-corrected chi connectivity index (χ0v) is 10.4. The highest BCUT2D eigenvalue weighted by atomic mass is 19.3. The maximum absolute atomic E-state index is 12.2. The van der Waals surface area contributed by atoms with Crippen molar-refractivity contribution < 1.29 is 13.6 Å². The Hall–Kier alpha value is -1.53. The van der Waals surface area contributed by atoms with E-state index in [0.717, 1.165) is 0 Å². The summed E-state index contributed by atoms with van der Waals surface area (Å²) < 4.78 is 25.9. The molecule has 5 nitrogen and oxygen atoms in total. The summed E-state index contributed by atoms with van der Waals surface area (Å²) in [6, 6.07) is 0. The van der Waals surface area contributed by atoms with E-state index in [1.807, 2.05) is 6.92 Å². The quantitative estimate of drug-likeness (QED) is 0.818. The van der Waals surface area contributed by atoms with Gasteiger partial charge in [0.2, 0.25) is 6.43 Å². The van der Waals surface area contributed by atoms with E-state index < -0.39 is 6.43 Å². The molecule has 0 N–H and O–H groups in total. The van der Waals surface area contributed by atoms with Crippen LogP contribution in [0.15, 0.2) is 0 Å². The molecule has 0 spiro atoms. The second-order valence-corrected chi connectivity index (χ2v) is 4.54. The van der Waals surface area contributed by atoms with Gasteiger partial charge in [-0.2, -0.15) is 0 Å². The van der Waals surface area contributed by atoms with E-state index in [0.29, 0.717) is 31.0 Å². The molecule has 7 heteroatoms. The van der Waals surface area contributed by atoms with Crippen molar-refractivity contribution >= 4 is 5.91 Å². The average Bonchev–Trinajstić information content (AvgIpc) is 2.63. The van der Waals surface area contributed by atoms with E-state index in [4.69, 9.17) is 0 Å². The fourth-order valence-corrected chi connectivity index (χ4v) is 2.17. The Balaban J connectivity index is 1.99. The summed E-state index contributed by atoms with van der Waals surface area (Å²) in [7, 11) is 0. The molecule has 0 saturated carbocycles. The Labute approximate surface area is 104 Å². The molecule has 0 aliphatic carbocycles. The van der Waals surface area contributed by atoms with Crippen LogP contribution in [-0.2, 0) is 6.54 Å². The number of carbonyl (C=O) groups is 1. The highest BCUT2D eigenvalue weighted by Crippen LogP contribution is 2.24. The van der Waals surface area contributed by atoms with E-state index in [1.54, 1.807) is 11.8 Å². The van der Waals surface area contributed by atoms with Gasteiger partial charge in [0.1, 0.15) is 5.69 Å². The molecule has 1 aliphatic rings. The first-order chi connectivity index (χ1) is 8.52. The minimum atomic E-state index is -2.29. The third-order valence-electron chi connectivity index (χ3n) is 3.16. The summed E-state index contributed by atoms with van der Waals surface area (Å²) in [5, 5.41) is 7.72. The molecule has 1 aliphatic heterocycles. The van der Waals surface area contributed by atoms with Gasteiger partial charge in [-0.1, -0.05) is 5.21 Å². The van der Waals surface area contributed by atoms with Gasteiger partial charge in [-0.15, -0.1) is 5.10 Å². The average molecular weight is 258 g/mol. The van der Waals surface area contributed by atoms with Crippen molar-refractivity contribution in [1.29, 1.82) is 0 Å². The smallest absolute Gasteiger partial charge is 0.274 e. The van der Waals surface area contributed by atoms with Crippen LogP contribution in [-0.4, -0.2) is 45.3 Å². The third kappa shape index (κ3) is 2.34. The largest absolute Gasteiger partial charge is 0.337 e. The molecule has 1 saturated heterocycles. The Bertz CT molecular complexity index is 440. The Morgan fingerprint density at radius 1 is 1.50 bits per heavy atom. The fourth-order valence-electron chi connectivity index (χ4n) is 2.17. The summed E-state index contributed by atoms with van der Waals surface area (Å²) in [5.41, 5.74) is 1.05. The van der Waals surface area contributed by atoms with Crippen LogP contribution >= 0.6 is 0 Å². The minimum Gasteiger partial charge on any atom is -0.337 e. The fraction of sp³-hybridized carbons (Fsp3) is 0.727. The molecule has 2 rings (SSSR count). The van der Waals surface area contributed by atoms with Crippen molar-refractivity contribution in [2.75, 3.05) is 13.1 Å². The van der Waals surface area contributed by atoms with Crippen molar-refractivity contribution in [2.45, 2.75) is 33.2 Å². The van der Waals surface area contributed by atoms with Gasteiger partial charge < -0.3 is 4.90 Å². The highest BCUT2D eigenvalue weighted by Gasteiger charge is 2.35.